The van der Waals surface area contributed by atoms with E-state index in [0.29, 0.717) is 22.6 Å². The smallest absolute Gasteiger partial charge is 0.269 e. The molecule has 0 fully saturated rings. The number of amides is 2. The number of rotatable bonds is 4. The van der Waals surface area contributed by atoms with Crippen LogP contribution in [-0.2, 0) is 0 Å². The van der Waals surface area contributed by atoms with Crippen molar-refractivity contribution >= 4 is 17.6 Å². The van der Waals surface area contributed by atoms with Crippen molar-refractivity contribution in [1.29, 1.82) is 0 Å². The summed E-state index contributed by atoms with van der Waals surface area (Å²) in [7, 11) is 0. The SMILES string of the molecule is Cc1ccc(NC(=O)c2ccc(-c3ncn(N)c3C(N)=O)cc2)nc1. The van der Waals surface area contributed by atoms with Crippen molar-refractivity contribution in [2.75, 3.05) is 11.2 Å². The maximum Gasteiger partial charge on any atom is 0.269 e. The molecule has 8 heteroatoms. The average molecular weight is 336 g/mol. The zero-order valence-electron chi connectivity index (χ0n) is 13.4. The van der Waals surface area contributed by atoms with Crippen LogP contribution < -0.4 is 16.9 Å². The van der Waals surface area contributed by atoms with Gasteiger partial charge in [-0.25, -0.2) is 14.6 Å². The number of nitrogens with two attached hydrogens (primary N) is 2. The van der Waals surface area contributed by atoms with Gasteiger partial charge in [0.25, 0.3) is 11.8 Å². The van der Waals surface area contributed by atoms with E-state index in [-0.39, 0.29) is 11.6 Å². The molecule has 126 valence electrons. The van der Waals surface area contributed by atoms with Crippen LogP contribution in [0.2, 0.25) is 0 Å². The van der Waals surface area contributed by atoms with E-state index < -0.39 is 5.91 Å². The van der Waals surface area contributed by atoms with E-state index in [2.05, 4.69) is 15.3 Å². The zero-order chi connectivity index (χ0) is 18.0. The van der Waals surface area contributed by atoms with Gasteiger partial charge in [0.2, 0.25) is 0 Å². The van der Waals surface area contributed by atoms with Gasteiger partial charge in [0, 0.05) is 17.3 Å². The molecule has 0 bridgehead atoms. The predicted molar refractivity (Wildman–Crippen MR) is 93.3 cm³/mol. The van der Waals surface area contributed by atoms with Gasteiger partial charge in [-0.15, -0.1) is 0 Å². The van der Waals surface area contributed by atoms with Gasteiger partial charge in [-0.3, -0.25) is 9.59 Å². The molecule has 0 saturated heterocycles. The summed E-state index contributed by atoms with van der Waals surface area (Å²) in [6.45, 7) is 1.92. The number of benzene rings is 1. The predicted octanol–water partition coefficient (Wildman–Crippen LogP) is 1.32. The van der Waals surface area contributed by atoms with Gasteiger partial charge in [-0.1, -0.05) is 18.2 Å². The fourth-order valence-electron chi connectivity index (χ4n) is 2.33. The molecular formula is C17H16N6O2. The minimum atomic E-state index is -0.678. The van der Waals surface area contributed by atoms with Crippen molar-refractivity contribution in [2.24, 2.45) is 5.73 Å². The second-order valence-corrected chi connectivity index (χ2v) is 5.47. The van der Waals surface area contributed by atoms with Crippen LogP contribution in [0.4, 0.5) is 5.82 Å². The molecule has 0 radical (unpaired) electrons. The number of aromatic nitrogens is 3. The first kappa shape index (κ1) is 16.2. The van der Waals surface area contributed by atoms with Gasteiger partial charge in [0.15, 0.2) is 5.69 Å². The highest BCUT2D eigenvalue weighted by Crippen LogP contribution is 2.21. The number of hydrogen-bond donors (Lipinski definition) is 3. The molecule has 3 aromatic rings. The van der Waals surface area contributed by atoms with Crippen LogP contribution in [0, 0.1) is 6.92 Å². The van der Waals surface area contributed by atoms with Crippen molar-refractivity contribution in [3.63, 3.8) is 0 Å². The Hall–Kier alpha value is -3.68. The van der Waals surface area contributed by atoms with E-state index >= 15 is 0 Å². The first-order valence-electron chi connectivity index (χ1n) is 7.42. The molecule has 25 heavy (non-hydrogen) atoms. The van der Waals surface area contributed by atoms with Crippen LogP contribution in [0.1, 0.15) is 26.4 Å². The topological polar surface area (TPSA) is 129 Å². The number of anilines is 1. The standard InChI is InChI=1S/C17H16N6O2/c1-10-2-7-13(20-8-10)22-17(25)12-5-3-11(4-6-12)14-15(16(18)24)23(19)9-21-14/h2-9H,19H2,1H3,(H2,18,24)(H,20,22,25). The third-order valence-electron chi connectivity index (χ3n) is 3.60. The lowest BCUT2D eigenvalue weighted by Crippen LogP contribution is -2.21. The molecule has 0 aliphatic rings. The van der Waals surface area contributed by atoms with E-state index in [1.54, 1.807) is 36.5 Å². The molecule has 8 nitrogen and oxygen atoms in total. The van der Waals surface area contributed by atoms with Crippen LogP contribution in [0.15, 0.2) is 48.9 Å². The maximum atomic E-state index is 12.3. The molecule has 3 rings (SSSR count). The first-order chi connectivity index (χ1) is 12.0. The number of nitrogens with zero attached hydrogens (tertiary/aromatic N) is 3. The summed E-state index contributed by atoms with van der Waals surface area (Å²) < 4.78 is 1.07. The molecule has 0 saturated carbocycles. The monoisotopic (exact) mass is 336 g/mol. The summed E-state index contributed by atoms with van der Waals surface area (Å²) in [5.74, 6) is 5.14. The summed E-state index contributed by atoms with van der Waals surface area (Å²) in [6, 6.07) is 10.2. The van der Waals surface area contributed by atoms with E-state index in [0.717, 1.165) is 10.2 Å². The largest absolute Gasteiger partial charge is 0.364 e. The fourth-order valence-corrected chi connectivity index (χ4v) is 2.33. The Morgan fingerprint density at radius 1 is 1.08 bits per heavy atom. The molecule has 2 heterocycles. The summed E-state index contributed by atoms with van der Waals surface area (Å²) in [4.78, 5) is 32.0. The Kier molecular flexibility index (Phi) is 4.17. The number of pyridine rings is 1. The normalized spacial score (nSPS) is 10.4. The van der Waals surface area contributed by atoms with Crippen molar-refractivity contribution < 1.29 is 9.59 Å². The summed E-state index contributed by atoms with van der Waals surface area (Å²) in [6.07, 6.45) is 2.98. The van der Waals surface area contributed by atoms with Gasteiger partial charge in [0.05, 0.1) is 0 Å². The maximum absolute atomic E-state index is 12.3. The number of nitrogens with one attached hydrogen (secondary N) is 1. The molecule has 0 atom stereocenters. The van der Waals surface area contributed by atoms with Crippen molar-refractivity contribution in [2.45, 2.75) is 6.92 Å². The molecule has 0 spiro atoms. The van der Waals surface area contributed by atoms with Crippen LogP contribution in [0.5, 0.6) is 0 Å². The number of nitrogen functional groups attached to an aromatic ring is 1. The highest BCUT2D eigenvalue weighted by molar-refractivity contribution is 6.04. The lowest BCUT2D eigenvalue weighted by atomic mass is 10.1. The van der Waals surface area contributed by atoms with Gasteiger partial charge >= 0.3 is 0 Å². The molecule has 0 unspecified atom stereocenters. The van der Waals surface area contributed by atoms with Gasteiger partial charge in [-0.2, -0.15) is 0 Å². The van der Waals surface area contributed by atoms with E-state index in [1.807, 2.05) is 13.0 Å². The lowest BCUT2D eigenvalue weighted by Gasteiger charge is -2.06. The second kappa shape index (κ2) is 6.44. The highest BCUT2D eigenvalue weighted by Gasteiger charge is 2.17. The molecule has 1 aromatic carbocycles. The van der Waals surface area contributed by atoms with E-state index in [1.165, 1.54) is 6.33 Å². The summed E-state index contributed by atoms with van der Waals surface area (Å²) in [5, 5.41) is 2.71. The second-order valence-electron chi connectivity index (χ2n) is 5.47. The van der Waals surface area contributed by atoms with Gasteiger partial charge in [-0.05, 0) is 30.7 Å². The minimum absolute atomic E-state index is 0.0982. The third kappa shape index (κ3) is 3.32. The van der Waals surface area contributed by atoms with Crippen molar-refractivity contribution in [3.8, 4) is 11.3 Å². The Bertz CT molecular complexity index is 929. The number of imidazole rings is 1. The van der Waals surface area contributed by atoms with Crippen LogP contribution in [0.25, 0.3) is 11.3 Å². The summed E-state index contributed by atoms with van der Waals surface area (Å²) in [5.41, 5.74) is 7.86. The van der Waals surface area contributed by atoms with E-state index in [9.17, 15) is 9.59 Å². The van der Waals surface area contributed by atoms with Crippen molar-refractivity contribution in [3.05, 3.63) is 65.7 Å². The molecule has 2 amide bonds. The van der Waals surface area contributed by atoms with E-state index in [4.69, 9.17) is 11.6 Å². The molecule has 5 N–H and O–H groups in total. The zero-order valence-corrected chi connectivity index (χ0v) is 13.4. The number of hydrogen-bond acceptors (Lipinski definition) is 5. The first-order valence-corrected chi connectivity index (χ1v) is 7.42. The van der Waals surface area contributed by atoms with Crippen LogP contribution in [0.3, 0.4) is 0 Å². The Morgan fingerprint density at radius 2 is 1.80 bits per heavy atom. The molecule has 0 aliphatic carbocycles. The fraction of sp³-hybridized carbons (Fsp3) is 0.0588. The highest BCUT2D eigenvalue weighted by atomic mass is 16.2. The Balaban J connectivity index is 1.81. The van der Waals surface area contributed by atoms with Crippen LogP contribution in [-0.4, -0.2) is 26.5 Å². The van der Waals surface area contributed by atoms with Gasteiger partial charge in [0.1, 0.15) is 17.8 Å². The summed E-state index contributed by atoms with van der Waals surface area (Å²) >= 11 is 0. The van der Waals surface area contributed by atoms with Gasteiger partial charge < -0.3 is 16.9 Å². The lowest BCUT2D eigenvalue weighted by molar-refractivity contribution is 0.0991. The Labute approximate surface area is 143 Å². The van der Waals surface area contributed by atoms with Crippen LogP contribution >= 0.6 is 0 Å². The molecular weight excluding hydrogens is 320 g/mol. The Morgan fingerprint density at radius 3 is 2.40 bits per heavy atom. The number of carbonyl (C=O) groups excluding carboxylic acids is 2. The third-order valence-corrected chi connectivity index (χ3v) is 3.60. The number of primary amides is 1. The average Bonchev–Trinajstić information content (AvgIpc) is 2.99. The minimum Gasteiger partial charge on any atom is -0.364 e. The van der Waals surface area contributed by atoms with Crippen molar-refractivity contribution in [1.82, 2.24) is 14.6 Å². The molecule has 0 aliphatic heterocycles. The number of aryl methyl sites for hydroxylation is 1. The quantitative estimate of drug-likeness (QED) is 0.619. The molecule has 2 aromatic heterocycles. The number of carbonyl (C=O) groups is 2.